The van der Waals surface area contributed by atoms with Crippen molar-refractivity contribution in [1.82, 2.24) is 9.55 Å². The van der Waals surface area contributed by atoms with Crippen LogP contribution in [0.3, 0.4) is 0 Å². The maximum absolute atomic E-state index is 13.2. The highest BCUT2D eigenvalue weighted by atomic mass is 19.1. The van der Waals surface area contributed by atoms with Crippen molar-refractivity contribution in [3.63, 3.8) is 0 Å². The molecule has 2 aromatic heterocycles. The summed E-state index contributed by atoms with van der Waals surface area (Å²) >= 11 is 0. The third-order valence-corrected chi connectivity index (χ3v) is 3.65. The van der Waals surface area contributed by atoms with E-state index < -0.39 is 22.8 Å². The number of carbonyl (C=O) groups excluding carboxylic acids is 1. The van der Waals surface area contributed by atoms with E-state index in [1.165, 1.54) is 24.3 Å². The molecule has 0 aliphatic heterocycles. The van der Waals surface area contributed by atoms with Gasteiger partial charge in [0.25, 0.3) is 5.56 Å². The molecule has 2 heterocycles. The molecule has 0 saturated carbocycles. The number of aromatic nitrogens is 2. The fourth-order valence-corrected chi connectivity index (χ4v) is 2.46. The molecule has 0 fully saturated rings. The molecule has 24 heavy (non-hydrogen) atoms. The molecule has 7 heteroatoms. The Balaban J connectivity index is 2.06. The Bertz CT molecular complexity index is 1050. The molecule has 0 radical (unpaired) electrons. The maximum atomic E-state index is 13.2. The summed E-state index contributed by atoms with van der Waals surface area (Å²) < 4.78 is 19.3. The molecule has 0 atom stereocenters. The minimum Gasteiger partial charge on any atom is -0.403 e. The second-order valence-corrected chi connectivity index (χ2v) is 5.24. The van der Waals surface area contributed by atoms with Gasteiger partial charge in [-0.1, -0.05) is 19.1 Å². The number of fused-ring (bicyclic) bond motifs is 1. The first kappa shape index (κ1) is 15.8. The molecule has 0 aliphatic rings. The molecule has 0 aliphatic carbocycles. The normalized spacial score (nSPS) is 10.9. The maximum Gasteiger partial charge on any atom is 0.337 e. The van der Waals surface area contributed by atoms with Crippen LogP contribution >= 0.6 is 0 Å². The minimum atomic E-state index is -0.583. The van der Waals surface area contributed by atoms with Crippen molar-refractivity contribution in [2.45, 2.75) is 19.9 Å². The third-order valence-electron chi connectivity index (χ3n) is 3.65. The lowest BCUT2D eigenvalue weighted by Gasteiger charge is -2.07. The summed E-state index contributed by atoms with van der Waals surface area (Å²) in [6.45, 7) is 1.51. The molecule has 122 valence electrons. The Morgan fingerprint density at radius 3 is 2.79 bits per heavy atom. The van der Waals surface area contributed by atoms with Crippen LogP contribution in [-0.4, -0.2) is 15.3 Å². The molecule has 0 bridgehead atoms. The number of nitrogens with zero attached hydrogens (tertiary/aromatic N) is 2. The van der Waals surface area contributed by atoms with Crippen LogP contribution in [0, 0.1) is 5.82 Å². The Labute approximate surface area is 135 Å². The van der Waals surface area contributed by atoms with Crippen molar-refractivity contribution in [1.29, 1.82) is 0 Å². The summed E-state index contributed by atoms with van der Waals surface area (Å²) in [6.07, 6.45) is 1.59. The summed E-state index contributed by atoms with van der Waals surface area (Å²) in [4.78, 5) is 40.2. The Morgan fingerprint density at radius 1 is 1.29 bits per heavy atom. The SMILES string of the molecule is CCc1cc(=O)oc2ncn(CC(=O)c3cccc(F)c3)c(=O)c12. The van der Waals surface area contributed by atoms with E-state index in [1.807, 2.05) is 0 Å². The quantitative estimate of drug-likeness (QED) is 0.684. The van der Waals surface area contributed by atoms with E-state index in [-0.39, 0.29) is 23.2 Å². The van der Waals surface area contributed by atoms with Crippen LogP contribution in [0.1, 0.15) is 22.8 Å². The summed E-state index contributed by atoms with van der Waals surface area (Å²) in [5.41, 5.74) is -0.451. The van der Waals surface area contributed by atoms with Gasteiger partial charge in [0.15, 0.2) is 5.78 Å². The highest BCUT2D eigenvalue weighted by molar-refractivity contribution is 5.96. The van der Waals surface area contributed by atoms with E-state index >= 15 is 0 Å². The molecular weight excluding hydrogens is 315 g/mol. The number of carbonyl (C=O) groups is 1. The van der Waals surface area contributed by atoms with Gasteiger partial charge in [-0.3, -0.25) is 14.2 Å². The number of benzene rings is 1. The van der Waals surface area contributed by atoms with Crippen LogP contribution in [0.25, 0.3) is 11.1 Å². The number of hydrogen-bond donors (Lipinski definition) is 0. The van der Waals surface area contributed by atoms with Crippen LogP contribution in [0.15, 0.2) is 50.7 Å². The second-order valence-electron chi connectivity index (χ2n) is 5.24. The van der Waals surface area contributed by atoms with Gasteiger partial charge in [0.05, 0.1) is 6.54 Å². The van der Waals surface area contributed by atoms with Gasteiger partial charge < -0.3 is 4.42 Å². The highest BCUT2D eigenvalue weighted by Gasteiger charge is 2.14. The van der Waals surface area contributed by atoms with E-state index in [4.69, 9.17) is 4.42 Å². The first-order valence-corrected chi connectivity index (χ1v) is 7.30. The fourth-order valence-electron chi connectivity index (χ4n) is 2.46. The van der Waals surface area contributed by atoms with Crippen molar-refractivity contribution in [2.75, 3.05) is 0 Å². The van der Waals surface area contributed by atoms with Gasteiger partial charge >= 0.3 is 5.63 Å². The number of rotatable bonds is 4. The zero-order valence-corrected chi connectivity index (χ0v) is 12.8. The highest BCUT2D eigenvalue weighted by Crippen LogP contribution is 2.11. The summed E-state index contributed by atoms with van der Waals surface area (Å²) in [5.74, 6) is -0.951. The van der Waals surface area contributed by atoms with Gasteiger partial charge in [0, 0.05) is 11.6 Å². The number of halogens is 1. The second kappa shape index (κ2) is 6.19. The number of hydrogen-bond acceptors (Lipinski definition) is 5. The van der Waals surface area contributed by atoms with Crippen LogP contribution in [0.5, 0.6) is 0 Å². The molecule has 1 aromatic carbocycles. The summed E-state index contributed by atoms with van der Waals surface area (Å²) in [6, 6.07) is 6.48. The van der Waals surface area contributed by atoms with Gasteiger partial charge in [-0.05, 0) is 24.1 Å². The van der Waals surface area contributed by atoms with Crippen molar-refractivity contribution in [3.05, 3.63) is 74.4 Å². The Kier molecular flexibility index (Phi) is 4.07. The van der Waals surface area contributed by atoms with E-state index in [0.717, 1.165) is 17.0 Å². The van der Waals surface area contributed by atoms with Gasteiger partial charge in [0.1, 0.15) is 17.5 Å². The van der Waals surface area contributed by atoms with Gasteiger partial charge in [-0.15, -0.1) is 0 Å². The molecule has 6 nitrogen and oxygen atoms in total. The molecular formula is C17H13FN2O4. The first-order chi connectivity index (χ1) is 11.5. The standard InChI is InChI=1S/C17H13FN2O4/c1-2-10-7-14(22)24-16-15(10)17(23)20(9-19-16)8-13(21)11-4-3-5-12(18)6-11/h3-7,9H,2,8H2,1H3. The number of Topliss-reactive ketones (excluding diaryl/α,β-unsaturated/α-hetero) is 1. The molecule has 0 spiro atoms. The third kappa shape index (κ3) is 2.88. The van der Waals surface area contributed by atoms with Gasteiger partial charge in [-0.2, -0.15) is 0 Å². The minimum absolute atomic E-state index is 0.0567. The summed E-state index contributed by atoms with van der Waals surface area (Å²) in [7, 11) is 0. The molecule has 0 unspecified atom stereocenters. The van der Waals surface area contributed by atoms with E-state index in [0.29, 0.717) is 12.0 Å². The van der Waals surface area contributed by atoms with Crippen LogP contribution in [-0.2, 0) is 13.0 Å². The molecule has 0 amide bonds. The van der Waals surface area contributed by atoms with Gasteiger partial charge in [-0.25, -0.2) is 14.2 Å². The van der Waals surface area contributed by atoms with Crippen LogP contribution < -0.4 is 11.2 Å². The fraction of sp³-hybridized carbons (Fsp3) is 0.176. The molecule has 0 N–H and O–H groups in total. The van der Waals surface area contributed by atoms with E-state index in [1.54, 1.807) is 6.92 Å². The van der Waals surface area contributed by atoms with E-state index in [2.05, 4.69) is 4.98 Å². The largest absolute Gasteiger partial charge is 0.403 e. The summed E-state index contributed by atoms with van der Waals surface area (Å²) in [5, 5.41) is 0.173. The van der Waals surface area contributed by atoms with Crippen molar-refractivity contribution in [3.8, 4) is 0 Å². The van der Waals surface area contributed by atoms with Crippen LogP contribution in [0.4, 0.5) is 4.39 Å². The average molecular weight is 328 g/mol. The molecule has 3 rings (SSSR count). The zero-order valence-electron chi connectivity index (χ0n) is 12.8. The van der Waals surface area contributed by atoms with Crippen molar-refractivity contribution < 1.29 is 13.6 Å². The van der Waals surface area contributed by atoms with Crippen molar-refractivity contribution >= 4 is 16.9 Å². The monoisotopic (exact) mass is 328 g/mol. The lowest BCUT2D eigenvalue weighted by molar-refractivity contribution is 0.0970. The smallest absolute Gasteiger partial charge is 0.337 e. The topological polar surface area (TPSA) is 82.2 Å². The zero-order chi connectivity index (χ0) is 17.3. The lowest BCUT2D eigenvalue weighted by Crippen LogP contribution is -2.26. The van der Waals surface area contributed by atoms with Crippen LogP contribution in [0.2, 0.25) is 0 Å². The molecule has 3 aromatic rings. The lowest BCUT2D eigenvalue weighted by atomic mass is 10.1. The van der Waals surface area contributed by atoms with Gasteiger partial charge in [0.2, 0.25) is 5.71 Å². The number of ketones is 1. The Hall–Kier alpha value is -3.09. The van der Waals surface area contributed by atoms with Crippen molar-refractivity contribution in [2.24, 2.45) is 0 Å². The predicted molar refractivity (Wildman–Crippen MR) is 84.6 cm³/mol. The Morgan fingerprint density at radius 2 is 2.08 bits per heavy atom. The average Bonchev–Trinajstić information content (AvgIpc) is 2.56. The number of aryl methyl sites for hydroxylation is 1. The predicted octanol–water partition coefficient (Wildman–Crippen LogP) is 1.93. The first-order valence-electron chi connectivity index (χ1n) is 7.30. The molecule has 0 saturated heterocycles. The van der Waals surface area contributed by atoms with E-state index in [9.17, 15) is 18.8 Å².